The zero-order valence-electron chi connectivity index (χ0n) is 10.8. The standard InChI is InChI=1S/C15H10ClN3O2/c16-14-5-11(19-8-10(6-17)7-18)1-3-13(14)15-4-2-12(9-20)21-15/h1-5,8,19-20H,9H2. The maximum absolute atomic E-state index is 8.98. The summed E-state index contributed by atoms with van der Waals surface area (Å²) in [5, 5.41) is 29.5. The van der Waals surface area contributed by atoms with Gasteiger partial charge in [0, 0.05) is 17.5 Å². The maximum Gasteiger partial charge on any atom is 0.145 e. The number of anilines is 1. The van der Waals surface area contributed by atoms with E-state index in [1.54, 1.807) is 42.5 Å². The second-order valence-electron chi connectivity index (χ2n) is 4.04. The molecule has 0 unspecified atom stereocenters. The van der Waals surface area contributed by atoms with E-state index in [9.17, 15) is 0 Å². The number of rotatable bonds is 4. The van der Waals surface area contributed by atoms with Crippen molar-refractivity contribution >= 4 is 17.3 Å². The highest BCUT2D eigenvalue weighted by atomic mass is 35.5. The molecule has 6 heteroatoms. The Labute approximate surface area is 126 Å². The van der Waals surface area contributed by atoms with Crippen molar-refractivity contribution in [3.8, 4) is 23.5 Å². The highest BCUT2D eigenvalue weighted by Gasteiger charge is 2.09. The van der Waals surface area contributed by atoms with Gasteiger partial charge in [0.15, 0.2) is 0 Å². The molecule has 0 fully saturated rings. The second-order valence-corrected chi connectivity index (χ2v) is 4.45. The molecule has 0 spiro atoms. The molecule has 2 rings (SSSR count). The molecular formula is C15H10ClN3O2. The van der Waals surface area contributed by atoms with Crippen molar-refractivity contribution in [3.63, 3.8) is 0 Å². The minimum absolute atomic E-state index is 0.0335. The van der Waals surface area contributed by atoms with E-state index in [4.69, 9.17) is 31.6 Å². The average molecular weight is 300 g/mol. The van der Waals surface area contributed by atoms with Gasteiger partial charge in [-0.05, 0) is 30.3 Å². The number of nitrogens with one attached hydrogen (secondary N) is 1. The van der Waals surface area contributed by atoms with E-state index >= 15 is 0 Å². The third kappa shape index (κ3) is 3.43. The first-order valence-electron chi connectivity index (χ1n) is 5.94. The van der Waals surface area contributed by atoms with Crippen LogP contribution in [0.25, 0.3) is 11.3 Å². The van der Waals surface area contributed by atoms with E-state index < -0.39 is 0 Å². The summed E-state index contributed by atoms with van der Waals surface area (Å²) in [6.45, 7) is -0.173. The Hall–Kier alpha value is -2.73. The van der Waals surface area contributed by atoms with E-state index in [0.717, 1.165) is 0 Å². The molecule has 1 aromatic heterocycles. The first kappa shape index (κ1) is 14.7. The number of benzene rings is 1. The van der Waals surface area contributed by atoms with Gasteiger partial charge in [-0.2, -0.15) is 10.5 Å². The first-order chi connectivity index (χ1) is 10.2. The molecule has 2 N–H and O–H groups in total. The van der Waals surface area contributed by atoms with Crippen LogP contribution in [0, 0.1) is 22.7 Å². The topological polar surface area (TPSA) is 93.0 Å². The molecular weight excluding hydrogens is 290 g/mol. The molecule has 0 saturated carbocycles. The summed E-state index contributed by atoms with van der Waals surface area (Å²) in [6.07, 6.45) is 1.31. The molecule has 1 aromatic carbocycles. The monoisotopic (exact) mass is 299 g/mol. The number of hydrogen-bond acceptors (Lipinski definition) is 5. The largest absolute Gasteiger partial charge is 0.459 e. The number of nitriles is 2. The van der Waals surface area contributed by atoms with Crippen molar-refractivity contribution in [2.24, 2.45) is 0 Å². The summed E-state index contributed by atoms with van der Waals surface area (Å²) in [6, 6.07) is 12.0. The van der Waals surface area contributed by atoms with Crippen LogP contribution in [-0.4, -0.2) is 5.11 Å². The number of furan rings is 1. The fraction of sp³-hybridized carbons (Fsp3) is 0.0667. The number of aliphatic hydroxyl groups is 1. The van der Waals surface area contributed by atoms with Gasteiger partial charge < -0.3 is 14.8 Å². The van der Waals surface area contributed by atoms with Crippen molar-refractivity contribution in [2.45, 2.75) is 6.61 Å². The lowest BCUT2D eigenvalue weighted by Gasteiger charge is -2.05. The minimum Gasteiger partial charge on any atom is -0.459 e. The second kappa shape index (κ2) is 6.62. The van der Waals surface area contributed by atoms with Crippen LogP contribution >= 0.6 is 11.6 Å². The van der Waals surface area contributed by atoms with Crippen LogP contribution < -0.4 is 5.32 Å². The van der Waals surface area contributed by atoms with Gasteiger partial charge in [0.25, 0.3) is 0 Å². The summed E-state index contributed by atoms with van der Waals surface area (Å²) < 4.78 is 5.42. The van der Waals surface area contributed by atoms with Gasteiger partial charge in [0.05, 0.1) is 5.02 Å². The molecule has 104 valence electrons. The Balaban J connectivity index is 2.24. The molecule has 0 saturated heterocycles. The zero-order chi connectivity index (χ0) is 15.2. The van der Waals surface area contributed by atoms with Crippen LogP contribution in [0.5, 0.6) is 0 Å². The number of allylic oxidation sites excluding steroid dienone is 1. The molecule has 0 amide bonds. The van der Waals surface area contributed by atoms with Crippen molar-refractivity contribution in [1.29, 1.82) is 10.5 Å². The van der Waals surface area contributed by atoms with Crippen LogP contribution in [0.1, 0.15) is 5.76 Å². The number of halogens is 1. The van der Waals surface area contributed by atoms with Gasteiger partial charge in [-0.15, -0.1) is 0 Å². The lowest BCUT2D eigenvalue weighted by atomic mass is 10.1. The smallest absolute Gasteiger partial charge is 0.145 e. The molecule has 21 heavy (non-hydrogen) atoms. The van der Waals surface area contributed by atoms with Crippen LogP contribution in [0.4, 0.5) is 5.69 Å². The van der Waals surface area contributed by atoms with Crippen LogP contribution in [0.15, 0.2) is 46.5 Å². The summed E-state index contributed by atoms with van der Waals surface area (Å²) in [4.78, 5) is 0. The summed E-state index contributed by atoms with van der Waals surface area (Å²) >= 11 is 6.19. The number of hydrogen-bond donors (Lipinski definition) is 2. The lowest BCUT2D eigenvalue weighted by molar-refractivity contribution is 0.248. The van der Waals surface area contributed by atoms with Gasteiger partial charge in [-0.25, -0.2) is 0 Å². The third-order valence-electron chi connectivity index (χ3n) is 2.68. The Morgan fingerprint density at radius 3 is 2.62 bits per heavy atom. The SMILES string of the molecule is N#CC(C#N)=CNc1ccc(-c2ccc(CO)o2)c(Cl)c1. The zero-order valence-corrected chi connectivity index (χ0v) is 11.6. The normalized spacial score (nSPS) is 9.52. The van der Waals surface area contributed by atoms with Crippen molar-refractivity contribution in [3.05, 3.63) is 52.9 Å². The van der Waals surface area contributed by atoms with Crippen molar-refractivity contribution < 1.29 is 9.52 Å². The van der Waals surface area contributed by atoms with E-state index in [-0.39, 0.29) is 12.2 Å². The Bertz CT molecular complexity index is 750. The van der Waals surface area contributed by atoms with Gasteiger partial charge in [0.2, 0.25) is 0 Å². The summed E-state index contributed by atoms with van der Waals surface area (Å²) in [7, 11) is 0. The molecule has 0 aliphatic rings. The van der Waals surface area contributed by atoms with Crippen LogP contribution in [0.3, 0.4) is 0 Å². The van der Waals surface area contributed by atoms with Crippen molar-refractivity contribution in [2.75, 3.05) is 5.32 Å². The van der Waals surface area contributed by atoms with Gasteiger partial charge in [-0.3, -0.25) is 0 Å². The summed E-state index contributed by atoms with van der Waals surface area (Å²) in [5.41, 5.74) is 1.29. The van der Waals surface area contributed by atoms with E-state index in [0.29, 0.717) is 27.8 Å². The number of nitrogens with zero attached hydrogens (tertiary/aromatic N) is 2. The van der Waals surface area contributed by atoms with E-state index in [2.05, 4.69) is 5.32 Å². The average Bonchev–Trinajstić information content (AvgIpc) is 2.97. The molecule has 0 radical (unpaired) electrons. The fourth-order valence-corrected chi connectivity index (χ4v) is 1.93. The predicted octanol–water partition coefficient (Wildman–Crippen LogP) is 3.44. The lowest BCUT2D eigenvalue weighted by Crippen LogP contribution is -1.90. The minimum atomic E-state index is -0.173. The predicted molar refractivity (Wildman–Crippen MR) is 78.0 cm³/mol. The summed E-state index contributed by atoms with van der Waals surface area (Å²) in [5.74, 6) is 1.01. The highest BCUT2D eigenvalue weighted by Crippen LogP contribution is 2.31. The van der Waals surface area contributed by atoms with Crippen molar-refractivity contribution in [1.82, 2.24) is 0 Å². The fourth-order valence-electron chi connectivity index (χ4n) is 1.66. The van der Waals surface area contributed by atoms with E-state index in [1.165, 1.54) is 6.20 Å². The Kier molecular flexibility index (Phi) is 4.63. The van der Waals surface area contributed by atoms with Crippen LogP contribution in [0.2, 0.25) is 5.02 Å². The quantitative estimate of drug-likeness (QED) is 0.844. The molecule has 0 aliphatic heterocycles. The first-order valence-corrected chi connectivity index (χ1v) is 6.32. The third-order valence-corrected chi connectivity index (χ3v) is 2.99. The Morgan fingerprint density at radius 1 is 1.29 bits per heavy atom. The maximum atomic E-state index is 8.98. The van der Waals surface area contributed by atoms with E-state index in [1.807, 2.05) is 0 Å². The van der Waals surface area contributed by atoms with Gasteiger partial charge >= 0.3 is 0 Å². The van der Waals surface area contributed by atoms with Crippen LogP contribution in [-0.2, 0) is 6.61 Å². The molecule has 5 nitrogen and oxygen atoms in total. The highest BCUT2D eigenvalue weighted by molar-refractivity contribution is 6.33. The molecule has 0 aliphatic carbocycles. The van der Waals surface area contributed by atoms with Gasteiger partial charge in [-0.1, -0.05) is 11.6 Å². The molecule has 0 bridgehead atoms. The van der Waals surface area contributed by atoms with Gasteiger partial charge in [0.1, 0.15) is 35.8 Å². The molecule has 2 aromatic rings. The molecule has 1 heterocycles. The molecule has 0 atom stereocenters. The number of aliphatic hydroxyl groups excluding tert-OH is 1. The Morgan fingerprint density at radius 2 is 2.05 bits per heavy atom.